The van der Waals surface area contributed by atoms with Crippen molar-refractivity contribution in [2.45, 2.75) is 64.8 Å². The molecule has 4 aromatic rings. The normalized spacial score (nSPS) is 16.7. The van der Waals surface area contributed by atoms with E-state index in [1.165, 1.54) is 5.56 Å². The lowest BCUT2D eigenvalue weighted by atomic mass is 10.1. The summed E-state index contributed by atoms with van der Waals surface area (Å²) in [6, 6.07) is 18.5. The number of benzene rings is 2. The number of pyridine rings is 1. The molecule has 0 saturated carbocycles. The van der Waals surface area contributed by atoms with Crippen LogP contribution in [0, 0.1) is 6.92 Å². The van der Waals surface area contributed by atoms with Crippen molar-refractivity contribution < 1.29 is 4.74 Å². The minimum atomic E-state index is -0.0460. The second-order valence-corrected chi connectivity index (χ2v) is 9.65. The molecule has 0 spiro atoms. The molecular formula is C28H34N6O2. The molecule has 2 atom stereocenters. The maximum absolute atomic E-state index is 13.1. The van der Waals surface area contributed by atoms with E-state index in [-0.39, 0.29) is 17.7 Å². The molecular weight excluding hydrogens is 452 g/mol. The topological polar surface area (TPSA) is 88.9 Å². The van der Waals surface area contributed by atoms with Crippen LogP contribution >= 0.6 is 0 Å². The van der Waals surface area contributed by atoms with E-state index >= 15 is 0 Å². The van der Waals surface area contributed by atoms with Crippen LogP contribution in [0.4, 0.5) is 0 Å². The van der Waals surface area contributed by atoms with Gasteiger partial charge in [0.25, 0.3) is 5.56 Å². The van der Waals surface area contributed by atoms with E-state index in [4.69, 9.17) is 4.74 Å². The van der Waals surface area contributed by atoms with Crippen LogP contribution in [0.1, 0.15) is 54.7 Å². The fourth-order valence-electron chi connectivity index (χ4n) is 5.19. The van der Waals surface area contributed by atoms with Gasteiger partial charge in [-0.15, -0.1) is 5.10 Å². The number of aromatic amines is 1. The lowest BCUT2D eigenvalue weighted by Gasteiger charge is -2.30. The van der Waals surface area contributed by atoms with Gasteiger partial charge in [-0.2, -0.15) is 0 Å². The molecule has 0 bridgehead atoms. The maximum Gasteiger partial charge on any atom is 0.252 e. The number of ether oxygens (including phenoxy) is 1. The molecule has 5 rings (SSSR count). The van der Waals surface area contributed by atoms with Crippen molar-refractivity contribution in [2.24, 2.45) is 0 Å². The number of fused-ring (bicyclic) bond motifs is 1. The van der Waals surface area contributed by atoms with E-state index in [1.54, 1.807) is 0 Å². The summed E-state index contributed by atoms with van der Waals surface area (Å²) in [4.78, 5) is 18.6. The SMILES string of the molecule is CC[C@H](c1nnnn1C[C@@H]1CCCO1)N(CCc1ccccc1)Cc1cc2cccc(C)c2[nH]c1=O. The van der Waals surface area contributed by atoms with Gasteiger partial charge in [-0.05, 0) is 65.6 Å². The third-order valence-corrected chi connectivity index (χ3v) is 7.15. The van der Waals surface area contributed by atoms with Crippen LogP contribution in [0.5, 0.6) is 0 Å². The molecule has 8 nitrogen and oxygen atoms in total. The fourth-order valence-corrected chi connectivity index (χ4v) is 5.19. The number of nitrogens with zero attached hydrogens (tertiary/aromatic N) is 5. The third-order valence-electron chi connectivity index (χ3n) is 7.15. The van der Waals surface area contributed by atoms with Crippen molar-refractivity contribution >= 4 is 10.9 Å². The number of aryl methyl sites for hydroxylation is 1. The van der Waals surface area contributed by atoms with Crippen molar-refractivity contribution in [2.75, 3.05) is 13.2 Å². The molecule has 188 valence electrons. The number of H-pyrrole nitrogens is 1. The van der Waals surface area contributed by atoms with Gasteiger partial charge in [0.2, 0.25) is 0 Å². The first kappa shape index (κ1) is 24.3. The number of para-hydroxylation sites is 1. The molecule has 0 unspecified atom stereocenters. The van der Waals surface area contributed by atoms with Gasteiger partial charge in [0, 0.05) is 25.3 Å². The molecule has 36 heavy (non-hydrogen) atoms. The molecule has 1 N–H and O–H groups in total. The summed E-state index contributed by atoms with van der Waals surface area (Å²) < 4.78 is 7.74. The van der Waals surface area contributed by atoms with Crippen LogP contribution in [0.25, 0.3) is 10.9 Å². The van der Waals surface area contributed by atoms with Crippen LogP contribution in [0.3, 0.4) is 0 Å². The Morgan fingerprint density at radius 3 is 2.83 bits per heavy atom. The Balaban J connectivity index is 1.46. The van der Waals surface area contributed by atoms with Gasteiger partial charge in [0.1, 0.15) is 0 Å². The molecule has 1 fully saturated rings. The number of nitrogens with one attached hydrogen (secondary N) is 1. The predicted molar refractivity (Wildman–Crippen MR) is 140 cm³/mol. The average molecular weight is 487 g/mol. The van der Waals surface area contributed by atoms with Crippen molar-refractivity contribution in [3.63, 3.8) is 0 Å². The average Bonchev–Trinajstić information content (AvgIpc) is 3.57. The summed E-state index contributed by atoms with van der Waals surface area (Å²) in [5, 5.41) is 13.8. The molecule has 8 heteroatoms. The number of hydrogen-bond donors (Lipinski definition) is 1. The van der Waals surface area contributed by atoms with Crippen LogP contribution in [0.2, 0.25) is 0 Å². The van der Waals surface area contributed by atoms with E-state index in [9.17, 15) is 4.79 Å². The first-order chi connectivity index (χ1) is 17.6. The maximum atomic E-state index is 13.1. The summed E-state index contributed by atoms with van der Waals surface area (Å²) >= 11 is 0. The largest absolute Gasteiger partial charge is 0.376 e. The van der Waals surface area contributed by atoms with Crippen molar-refractivity contribution in [3.8, 4) is 0 Å². The van der Waals surface area contributed by atoms with Crippen molar-refractivity contribution in [3.05, 3.63) is 87.5 Å². The Morgan fingerprint density at radius 2 is 2.06 bits per heavy atom. The molecule has 0 amide bonds. The Bertz CT molecular complexity index is 1340. The lowest BCUT2D eigenvalue weighted by molar-refractivity contribution is 0.0893. The van der Waals surface area contributed by atoms with Crippen molar-refractivity contribution in [1.29, 1.82) is 0 Å². The van der Waals surface area contributed by atoms with Crippen molar-refractivity contribution in [1.82, 2.24) is 30.1 Å². The van der Waals surface area contributed by atoms with E-state index in [0.717, 1.165) is 66.7 Å². The molecule has 0 radical (unpaired) electrons. The highest BCUT2D eigenvalue weighted by atomic mass is 16.5. The van der Waals surface area contributed by atoms with E-state index in [0.29, 0.717) is 13.1 Å². The van der Waals surface area contributed by atoms with Gasteiger partial charge in [-0.1, -0.05) is 55.5 Å². The Morgan fingerprint density at radius 1 is 1.19 bits per heavy atom. The second-order valence-electron chi connectivity index (χ2n) is 9.65. The van der Waals surface area contributed by atoms with Gasteiger partial charge in [-0.25, -0.2) is 4.68 Å². The Labute approximate surface area is 211 Å². The molecule has 1 aliphatic heterocycles. The van der Waals surface area contributed by atoms with Crippen LogP contribution < -0.4 is 5.56 Å². The van der Waals surface area contributed by atoms with Gasteiger partial charge >= 0.3 is 0 Å². The number of aromatic nitrogens is 5. The first-order valence-corrected chi connectivity index (χ1v) is 12.9. The second kappa shape index (κ2) is 11.1. The first-order valence-electron chi connectivity index (χ1n) is 12.9. The highest BCUT2D eigenvalue weighted by Gasteiger charge is 2.27. The summed E-state index contributed by atoms with van der Waals surface area (Å²) in [6.45, 7) is 6.91. The summed E-state index contributed by atoms with van der Waals surface area (Å²) in [7, 11) is 0. The van der Waals surface area contributed by atoms with Gasteiger partial charge in [0.05, 0.1) is 24.2 Å². The highest BCUT2D eigenvalue weighted by Crippen LogP contribution is 2.26. The minimum absolute atomic E-state index is 0.0299. The van der Waals surface area contributed by atoms with E-state index in [2.05, 4.69) is 62.7 Å². The van der Waals surface area contributed by atoms with Gasteiger partial charge in [-0.3, -0.25) is 9.69 Å². The number of tetrazole rings is 1. The smallest absolute Gasteiger partial charge is 0.252 e. The van der Waals surface area contributed by atoms with Crippen LogP contribution in [-0.2, 0) is 24.2 Å². The molecule has 2 aromatic carbocycles. The van der Waals surface area contributed by atoms with Gasteiger partial charge in [0.15, 0.2) is 5.82 Å². The summed E-state index contributed by atoms with van der Waals surface area (Å²) in [5.41, 5.74) is 3.93. The lowest BCUT2D eigenvalue weighted by Crippen LogP contribution is -2.34. The zero-order chi connectivity index (χ0) is 24.9. The Kier molecular flexibility index (Phi) is 7.53. The summed E-state index contributed by atoms with van der Waals surface area (Å²) in [5.74, 6) is 0.828. The summed E-state index contributed by atoms with van der Waals surface area (Å²) in [6.07, 6.45) is 3.95. The minimum Gasteiger partial charge on any atom is -0.376 e. The monoisotopic (exact) mass is 486 g/mol. The van der Waals surface area contributed by atoms with Crippen LogP contribution in [-0.4, -0.2) is 49.3 Å². The molecule has 1 aliphatic rings. The fraction of sp³-hybridized carbons (Fsp3) is 0.429. The van der Waals surface area contributed by atoms with E-state index < -0.39 is 0 Å². The number of rotatable bonds is 10. The molecule has 1 saturated heterocycles. The predicted octanol–water partition coefficient (Wildman–Crippen LogP) is 4.20. The molecule has 0 aliphatic carbocycles. The zero-order valence-corrected chi connectivity index (χ0v) is 21.1. The van der Waals surface area contributed by atoms with Gasteiger partial charge < -0.3 is 9.72 Å². The van der Waals surface area contributed by atoms with E-state index in [1.807, 2.05) is 35.9 Å². The quantitative estimate of drug-likeness (QED) is 0.361. The molecule has 3 heterocycles. The third kappa shape index (κ3) is 5.39. The highest BCUT2D eigenvalue weighted by molar-refractivity contribution is 5.81. The van der Waals surface area contributed by atoms with Crippen LogP contribution in [0.15, 0.2) is 59.4 Å². The number of hydrogen-bond acceptors (Lipinski definition) is 6. The zero-order valence-electron chi connectivity index (χ0n) is 21.1. The Hall–Kier alpha value is -3.36. The molecule has 2 aromatic heterocycles. The standard InChI is InChI=1S/C28H34N6O2/c1-3-25(27-30-31-32-34(27)19-24-13-8-16-36-24)33(15-14-21-10-5-4-6-11-21)18-23-17-22-12-7-9-20(2)26(22)29-28(23)35/h4-7,9-12,17,24-25H,3,8,13-16,18-19H2,1-2H3,(H,29,35)/t24-,25+/m0/s1.